The van der Waals surface area contributed by atoms with Gasteiger partial charge in [-0.25, -0.2) is 0 Å². The quantitative estimate of drug-likeness (QED) is 0.509. The number of hydrogen-bond donors (Lipinski definition) is 1. The first-order valence-electron chi connectivity index (χ1n) is 12.9. The minimum Gasteiger partial charge on any atom is -0.493 e. The van der Waals surface area contributed by atoms with E-state index < -0.39 is 0 Å². The summed E-state index contributed by atoms with van der Waals surface area (Å²) in [6.45, 7) is 1.84. The van der Waals surface area contributed by atoms with Gasteiger partial charge in [-0.05, 0) is 65.6 Å². The number of anilines is 2. The van der Waals surface area contributed by atoms with E-state index in [1.807, 2.05) is 49.3 Å². The maximum Gasteiger partial charge on any atom is 0.231 e. The van der Waals surface area contributed by atoms with Gasteiger partial charge < -0.3 is 29.2 Å². The number of nitrogens with one attached hydrogen (secondary N) is 1. The molecule has 6 rings (SSSR count). The summed E-state index contributed by atoms with van der Waals surface area (Å²) in [6.07, 6.45) is 1.23. The van der Waals surface area contributed by atoms with Crippen LogP contribution in [-0.2, 0) is 17.8 Å². The molecule has 0 aliphatic carbocycles. The Morgan fingerprint density at radius 3 is 2.50 bits per heavy atom. The highest BCUT2D eigenvalue weighted by atomic mass is 16.7. The van der Waals surface area contributed by atoms with Gasteiger partial charge in [-0.3, -0.25) is 9.69 Å². The molecular formula is C30H33N3O5. The van der Waals surface area contributed by atoms with Crippen molar-refractivity contribution < 1.29 is 23.7 Å². The van der Waals surface area contributed by atoms with E-state index in [0.29, 0.717) is 12.2 Å². The molecule has 0 fully saturated rings. The largest absolute Gasteiger partial charge is 0.493 e. The van der Waals surface area contributed by atoms with Gasteiger partial charge in [-0.1, -0.05) is 6.07 Å². The molecule has 2 unspecified atom stereocenters. The summed E-state index contributed by atoms with van der Waals surface area (Å²) in [5.74, 6) is 2.91. The molecule has 3 aliphatic rings. The van der Waals surface area contributed by atoms with Crippen molar-refractivity contribution in [2.75, 3.05) is 51.9 Å². The number of nitrogens with zero attached hydrogens (tertiary/aromatic N) is 2. The van der Waals surface area contributed by atoms with Crippen molar-refractivity contribution in [1.82, 2.24) is 4.90 Å². The Balaban J connectivity index is 1.38. The Hall–Kier alpha value is -3.91. The lowest BCUT2D eigenvalue weighted by Crippen LogP contribution is -2.42. The first kappa shape index (κ1) is 24.4. The maximum atomic E-state index is 13.5. The molecule has 3 aliphatic heterocycles. The summed E-state index contributed by atoms with van der Waals surface area (Å²) in [5.41, 5.74) is 6.53. The van der Waals surface area contributed by atoms with Gasteiger partial charge in [0.2, 0.25) is 12.7 Å². The number of hydrogen-bond acceptors (Lipinski definition) is 7. The van der Waals surface area contributed by atoms with Crippen LogP contribution in [-0.4, -0.2) is 52.5 Å². The van der Waals surface area contributed by atoms with Crippen LogP contribution in [0.1, 0.15) is 40.6 Å². The molecular weight excluding hydrogens is 482 g/mol. The van der Waals surface area contributed by atoms with Crippen LogP contribution < -0.4 is 29.2 Å². The van der Waals surface area contributed by atoms with Crippen LogP contribution in [0, 0.1) is 0 Å². The molecule has 8 heteroatoms. The topological polar surface area (TPSA) is 72.5 Å². The number of amides is 1. The monoisotopic (exact) mass is 515 g/mol. The zero-order chi connectivity index (χ0) is 26.4. The molecule has 0 saturated heterocycles. The second-order valence-electron chi connectivity index (χ2n) is 10.2. The lowest BCUT2D eigenvalue weighted by atomic mass is 9.74. The molecule has 3 heterocycles. The van der Waals surface area contributed by atoms with Gasteiger partial charge >= 0.3 is 0 Å². The minimum absolute atomic E-state index is 0.0249. The van der Waals surface area contributed by atoms with Gasteiger partial charge in [0.05, 0.1) is 14.2 Å². The molecule has 2 atom stereocenters. The van der Waals surface area contributed by atoms with Crippen molar-refractivity contribution in [3.8, 4) is 23.0 Å². The first-order chi connectivity index (χ1) is 18.5. The Labute approximate surface area is 223 Å². The fraction of sp³-hybridized carbons (Fsp3) is 0.367. The Morgan fingerprint density at radius 1 is 1.03 bits per heavy atom. The highest BCUT2D eigenvalue weighted by molar-refractivity contribution is 5.91. The van der Waals surface area contributed by atoms with E-state index in [0.717, 1.165) is 59.3 Å². The van der Waals surface area contributed by atoms with Crippen LogP contribution in [0.3, 0.4) is 0 Å². The van der Waals surface area contributed by atoms with E-state index in [-0.39, 0.29) is 24.7 Å². The number of ether oxygens (including phenoxy) is 4. The smallest absolute Gasteiger partial charge is 0.231 e. The molecule has 38 heavy (non-hydrogen) atoms. The molecule has 0 spiro atoms. The van der Waals surface area contributed by atoms with Crippen molar-refractivity contribution in [2.24, 2.45) is 0 Å². The summed E-state index contributed by atoms with van der Waals surface area (Å²) in [5, 5.41) is 3.12. The molecule has 1 amide bonds. The third-order valence-electron chi connectivity index (χ3n) is 7.91. The average Bonchev–Trinajstić information content (AvgIpc) is 3.38. The van der Waals surface area contributed by atoms with Crippen LogP contribution in [0.5, 0.6) is 23.0 Å². The van der Waals surface area contributed by atoms with Gasteiger partial charge in [0.25, 0.3) is 0 Å². The second-order valence-corrected chi connectivity index (χ2v) is 10.2. The van der Waals surface area contributed by atoms with Gasteiger partial charge in [0.1, 0.15) is 0 Å². The SMILES string of the molecule is COc1ccc2c(c1OC)CN1CCc3cc4c(cc3C1C2CC(=O)Nc1ccc(N(C)C)cc1)OCO4. The number of fused-ring (bicyclic) bond motifs is 5. The van der Waals surface area contributed by atoms with Crippen LogP contribution in [0.4, 0.5) is 11.4 Å². The average molecular weight is 516 g/mol. The standard InChI is InChI=1S/C30H33N3O5/c1-32(2)20-7-5-19(6-8-20)31-28(34)15-23-21-9-10-25(35-3)30(36-4)24(21)16-33-12-11-18-13-26-27(38-17-37-26)14-22(18)29(23)33/h5-10,13-14,23,29H,11-12,15-17H2,1-4H3,(H,31,34). The zero-order valence-electron chi connectivity index (χ0n) is 22.2. The van der Waals surface area contributed by atoms with Crippen molar-refractivity contribution in [2.45, 2.75) is 31.3 Å². The highest BCUT2D eigenvalue weighted by Crippen LogP contribution is 2.52. The van der Waals surface area contributed by atoms with E-state index in [1.54, 1.807) is 14.2 Å². The number of methoxy groups -OCH3 is 2. The van der Waals surface area contributed by atoms with Crippen LogP contribution in [0.2, 0.25) is 0 Å². The molecule has 0 bridgehead atoms. The number of rotatable bonds is 6. The summed E-state index contributed by atoms with van der Waals surface area (Å²) in [4.78, 5) is 18.0. The van der Waals surface area contributed by atoms with Crippen molar-refractivity contribution in [1.29, 1.82) is 0 Å². The normalized spacial score (nSPS) is 19.2. The number of carbonyl (C=O) groups excluding carboxylic acids is 1. The third kappa shape index (κ3) is 4.19. The maximum absolute atomic E-state index is 13.5. The van der Waals surface area contributed by atoms with Crippen LogP contribution in [0.25, 0.3) is 0 Å². The van der Waals surface area contributed by atoms with Gasteiger partial charge in [0, 0.05) is 62.5 Å². The van der Waals surface area contributed by atoms with Gasteiger partial charge in [-0.15, -0.1) is 0 Å². The molecule has 198 valence electrons. The lowest BCUT2D eigenvalue weighted by molar-refractivity contribution is -0.117. The minimum atomic E-state index is -0.0842. The molecule has 1 N–H and O–H groups in total. The molecule has 0 radical (unpaired) electrons. The fourth-order valence-electron chi connectivity index (χ4n) is 6.11. The molecule has 0 saturated carbocycles. The van der Waals surface area contributed by atoms with E-state index in [4.69, 9.17) is 18.9 Å². The van der Waals surface area contributed by atoms with E-state index in [2.05, 4.69) is 28.4 Å². The summed E-state index contributed by atoms with van der Waals surface area (Å²) in [6, 6.07) is 16.2. The summed E-state index contributed by atoms with van der Waals surface area (Å²) in [7, 11) is 7.33. The predicted molar refractivity (Wildman–Crippen MR) is 146 cm³/mol. The van der Waals surface area contributed by atoms with Gasteiger partial charge in [0.15, 0.2) is 23.0 Å². The molecule has 0 aromatic heterocycles. The van der Waals surface area contributed by atoms with E-state index in [1.165, 1.54) is 11.1 Å². The van der Waals surface area contributed by atoms with Crippen molar-refractivity contribution >= 4 is 17.3 Å². The summed E-state index contributed by atoms with van der Waals surface area (Å²) < 4.78 is 22.8. The van der Waals surface area contributed by atoms with E-state index in [9.17, 15) is 4.79 Å². The Bertz CT molecular complexity index is 1370. The van der Waals surface area contributed by atoms with Crippen LogP contribution >= 0.6 is 0 Å². The fourth-order valence-corrected chi connectivity index (χ4v) is 6.11. The van der Waals surface area contributed by atoms with Crippen molar-refractivity contribution in [3.63, 3.8) is 0 Å². The Kier molecular flexibility index (Phi) is 6.27. The zero-order valence-corrected chi connectivity index (χ0v) is 22.2. The molecule has 3 aromatic carbocycles. The number of benzene rings is 3. The first-order valence-corrected chi connectivity index (χ1v) is 12.9. The predicted octanol–water partition coefficient (Wildman–Crippen LogP) is 4.72. The highest BCUT2D eigenvalue weighted by Gasteiger charge is 2.42. The van der Waals surface area contributed by atoms with Crippen molar-refractivity contribution in [3.05, 3.63) is 70.8 Å². The molecule has 8 nitrogen and oxygen atoms in total. The summed E-state index contributed by atoms with van der Waals surface area (Å²) >= 11 is 0. The van der Waals surface area contributed by atoms with Gasteiger partial charge in [-0.2, -0.15) is 0 Å². The van der Waals surface area contributed by atoms with Crippen LogP contribution in [0.15, 0.2) is 48.5 Å². The van der Waals surface area contributed by atoms with E-state index >= 15 is 0 Å². The number of carbonyl (C=O) groups is 1. The Morgan fingerprint density at radius 2 is 1.79 bits per heavy atom. The molecule has 3 aromatic rings. The lowest BCUT2D eigenvalue weighted by Gasteiger charge is -2.46. The second kappa shape index (κ2) is 9.76. The third-order valence-corrected chi connectivity index (χ3v) is 7.91.